The van der Waals surface area contributed by atoms with Crippen LogP contribution in [0.2, 0.25) is 0 Å². The fraction of sp³-hybridized carbons (Fsp3) is 0.636. The van der Waals surface area contributed by atoms with Gasteiger partial charge >= 0.3 is 0 Å². The number of aromatic nitrogens is 1. The lowest BCUT2D eigenvalue weighted by molar-refractivity contribution is -0.0284. The summed E-state index contributed by atoms with van der Waals surface area (Å²) in [5.41, 5.74) is 0.586. The van der Waals surface area contributed by atoms with E-state index in [2.05, 4.69) is 24.9 Å². The van der Waals surface area contributed by atoms with E-state index in [0.29, 0.717) is 19.1 Å². The Kier molecular flexibility index (Phi) is 2.53. The maximum atomic E-state index is 9.21. The van der Waals surface area contributed by atoms with Gasteiger partial charge in [-0.3, -0.25) is 0 Å². The normalized spacial score (nSPS) is 18.6. The van der Waals surface area contributed by atoms with Crippen molar-refractivity contribution >= 4 is 11.3 Å². The summed E-state index contributed by atoms with van der Waals surface area (Å²) in [6.45, 7) is 7.26. The Hall–Kier alpha value is -0.920. The highest BCUT2D eigenvalue weighted by Crippen LogP contribution is 2.38. The predicted molar refractivity (Wildman–Crippen MR) is 59.1 cm³/mol. The van der Waals surface area contributed by atoms with Gasteiger partial charge in [0, 0.05) is 5.92 Å². The second-order valence-electron chi connectivity index (χ2n) is 4.31. The molecule has 0 atom stereocenters. The number of ether oxygens (including phenoxy) is 1. The third-order valence-electron chi connectivity index (χ3n) is 2.65. The van der Waals surface area contributed by atoms with Crippen molar-refractivity contribution in [1.29, 1.82) is 5.26 Å². The molecule has 0 N–H and O–H groups in total. The lowest BCUT2D eigenvalue weighted by Crippen LogP contribution is -2.45. The zero-order valence-electron chi connectivity index (χ0n) is 9.20. The number of nitriles is 1. The summed E-state index contributed by atoms with van der Waals surface area (Å²) in [7, 11) is 0. The summed E-state index contributed by atoms with van der Waals surface area (Å²) >= 11 is 1.66. The first kappa shape index (κ1) is 10.6. The Balaban J connectivity index is 2.40. The van der Waals surface area contributed by atoms with Crippen LogP contribution in [0.3, 0.4) is 0 Å². The topological polar surface area (TPSA) is 45.9 Å². The summed E-state index contributed by atoms with van der Waals surface area (Å²) < 4.78 is 5.16. The molecule has 0 radical (unpaired) electrons. The highest BCUT2D eigenvalue weighted by molar-refractivity contribution is 7.12. The number of aryl methyl sites for hydroxylation is 1. The third-order valence-corrected chi connectivity index (χ3v) is 4.31. The van der Waals surface area contributed by atoms with Crippen molar-refractivity contribution in [2.45, 2.75) is 32.1 Å². The van der Waals surface area contributed by atoms with Crippen molar-refractivity contribution in [1.82, 2.24) is 4.98 Å². The fourth-order valence-corrected chi connectivity index (χ4v) is 2.84. The molecule has 1 saturated heterocycles. The molecule has 2 rings (SSSR count). The van der Waals surface area contributed by atoms with E-state index in [1.54, 1.807) is 11.3 Å². The van der Waals surface area contributed by atoms with Gasteiger partial charge in [-0.15, -0.1) is 11.3 Å². The van der Waals surface area contributed by atoms with Crippen molar-refractivity contribution in [2.75, 3.05) is 13.2 Å². The van der Waals surface area contributed by atoms with Crippen molar-refractivity contribution in [3.63, 3.8) is 0 Å². The van der Waals surface area contributed by atoms with Crippen LogP contribution < -0.4 is 0 Å². The average Bonchev–Trinajstić information content (AvgIpc) is 2.48. The molecule has 3 nitrogen and oxygen atoms in total. The van der Waals surface area contributed by atoms with Crippen LogP contribution >= 0.6 is 11.3 Å². The molecule has 4 heteroatoms. The minimum atomic E-state index is -0.408. The van der Waals surface area contributed by atoms with Gasteiger partial charge in [0.15, 0.2) is 0 Å². The molecule has 0 aromatic carbocycles. The van der Waals surface area contributed by atoms with Gasteiger partial charge in [0.25, 0.3) is 0 Å². The fourth-order valence-electron chi connectivity index (χ4n) is 1.66. The Morgan fingerprint density at radius 2 is 2.20 bits per heavy atom. The minimum absolute atomic E-state index is 0.408. The molecule has 2 heterocycles. The van der Waals surface area contributed by atoms with Crippen LogP contribution in [0.15, 0.2) is 0 Å². The molecular formula is C11H14N2OS. The number of hydrogen-bond donors (Lipinski definition) is 0. The van der Waals surface area contributed by atoms with Crippen LogP contribution in [-0.2, 0) is 10.2 Å². The zero-order valence-corrected chi connectivity index (χ0v) is 10.0. The van der Waals surface area contributed by atoms with E-state index >= 15 is 0 Å². The molecule has 80 valence electrons. The Morgan fingerprint density at radius 1 is 1.53 bits per heavy atom. The third kappa shape index (κ3) is 1.56. The van der Waals surface area contributed by atoms with Gasteiger partial charge < -0.3 is 4.74 Å². The average molecular weight is 222 g/mol. The van der Waals surface area contributed by atoms with Crippen LogP contribution in [0.5, 0.6) is 0 Å². The van der Waals surface area contributed by atoms with E-state index in [9.17, 15) is 5.26 Å². The number of thiazole rings is 1. The molecule has 0 saturated carbocycles. The van der Waals surface area contributed by atoms with Gasteiger partial charge in [0.05, 0.1) is 34.9 Å². The molecule has 0 spiro atoms. The van der Waals surface area contributed by atoms with Crippen LogP contribution in [-0.4, -0.2) is 18.2 Å². The van der Waals surface area contributed by atoms with Gasteiger partial charge in [0.1, 0.15) is 5.41 Å². The first-order valence-electron chi connectivity index (χ1n) is 5.06. The Morgan fingerprint density at radius 3 is 2.53 bits per heavy atom. The largest absolute Gasteiger partial charge is 0.377 e. The summed E-state index contributed by atoms with van der Waals surface area (Å²) in [6, 6.07) is 2.37. The number of hydrogen-bond acceptors (Lipinski definition) is 4. The molecule has 1 fully saturated rings. The second kappa shape index (κ2) is 3.58. The van der Waals surface area contributed by atoms with Crippen LogP contribution in [0, 0.1) is 18.3 Å². The molecule has 1 aromatic rings. The predicted octanol–water partition coefficient (Wildman–Crippen LogP) is 2.37. The highest BCUT2D eigenvalue weighted by Gasteiger charge is 2.44. The first-order chi connectivity index (χ1) is 7.09. The molecule has 1 aliphatic rings. The molecule has 0 bridgehead atoms. The maximum Gasteiger partial charge on any atom is 0.140 e. The summed E-state index contributed by atoms with van der Waals surface area (Å²) in [4.78, 5) is 5.62. The smallest absolute Gasteiger partial charge is 0.140 e. The van der Waals surface area contributed by atoms with Crippen molar-refractivity contribution in [3.05, 3.63) is 15.6 Å². The molecule has 15 heavy (non-hydrogen) atoms. The summed E-state index contributed by atoms with van der Waals surface area (Å²) in [5, 5.41) is 10.3. The van der Waals surface area contributed by atoms with E-state index < -0.39 is 5.41 Å². The van der Waals surface area contributed by atoms with Gasteiger partial charge in [-0.05, 0) is 6.92 Å². The molecular weight excluding hydrogens is 208 g/mol. The van der Waals surface area contributed by atoms with Gasteiger partial charge in [-0.2, -0.15) is 5.26 Å². The summed E-state index contributed by atoms with van der Waals surface area (Å²) in [5.74, 6) is 0.430. The zero-order chi connectivity index (χ0) is 11.1. The van der Waals surface area contributed by atoms with Crippen LogP contribution in [0.25, 0.3) is 0 Å². The number of nitrogens with zero attached hydrogens (tertiary/aromatic N) is 2. The lowest BCUT2D eigenvalue weighted by Gasteiger charge is -2.34. The van der Waals surface area contributed by atoms with Gasteiger partial charge in [-0.1, -0.05) is 13.8 Å². The van der Waals surface area contributed by atoms with Crippen LogP contribution in [0.4, 0.5) is 0 Å². The van der Waals surface area contributed by atoms with Crippen LogP contribution in [0.1, 0.15) is 35.3 Å². The lowest BCUT2D eigenvalue weighted by atomic mass is 9.85. The van der Waals surface area contributed by atoms with Crippen molar-refractivity contribution in [3.8, 4) is 6.07 Å². The summed E-state index contributed by atoms with van der Waals surface area (Å²) in [6.07, 6.45) is 0. The van der Waals surface area contributed by atoms with E-state index in [4.69, 9.17) is 4.74 Å². The highest BCUT2D eigenvalue weighted by atomic mass is 32.1. The molecule has 0 amide bonds. The van der Waals surface area contributed by atoms with Crippen molar-refractivity contribution < 1.29 is 4.74 Å². The quantitative estimate of drug-likeness (QED) is 0.771. The van der Waals surface area contributed by atoms with E-state index in [0.717, 1.165) is 15.6 Å². The monoisotopic (exact) mass is 222 g/mol. The minimum Gasteiger partial charge on any atom is -0.377 e. The SMILES string of the molecule is Cc1nc(C(C)C)sc1C1(C#N)COC1. The van der Waals surface area contributed by atoms with E-state index in [1.165, 1.54) is 0 Å². The van der Waals surface area contributed by atoms with Gasteiger partial charge in [0.2, 0.25) is 0 Å². The molecule has 1 aliphatic heterocycles. The van der Waals surface area contributed by atoms with E-state index in [-0.39, 0.29) is 0 Å². The molecule has 1 aromatic heterocycles. The first-order valence-corrected chi connectivity index (χ1v) is 5.87. The number of rotatable bonds is 2. The molecule has 0 aliphatic carbocycles. The standard InChI is InChI=1S/C11H14N2OS/c1-7(2)10-13-8(3)9(15-10)11(4-12)5-14-6-11/h7H,5-6H2,1-3H3. The van der Waals surface area contributed by atoms with Crippen molar-refractivity contribution in [2.24, 2.45) is 0 Å². The second-order valence-corrected chi connectivity index (χ2v) is 5.34. The maximum absolute atomic E-state index is 9.21. The van der Waals surface area contributed by atoms with Gasteiger partial charge in [-0.25, -0.2) is 4.98 Å². The molecule has 0 unspecified atom stereocenters. The van der Waals surface area contributed by atoms with E-state index in [1.807, 2.05) is 6.92 Å². The Bertz CT molecular complexity index is 413. The Labute approximate surface area is 93.7 Å².